The molecule has 2 aromatic carbocycles. The van der Waals surface area contributed by atoms with E-state index < -0.39 is 0 Å². The Balaban J connectivity index is 1.31. The lowest BCUT2D eigenvalue weighted by atomic mass is 10.0. The lowest BCUT2D eigenvalue weighted by Crippen LogP contribution is -2.47. The van der Waals surface area contributed by atoms with Gasteiger partial charge in [-0.05, 0) is 61.2 Å². The average molecular weight is 424 g/mol. The van der Waals surface area contributed by atoms with Gasteiger partial charge in [0, 0.05) is 44.0 Å². The van der Waals surface area contributed by atoms with Gasteiger partial charge >= 0.3 is 0 Å². The van der Waals surface area contributed by atoms with Crippen LogP contribution in [0, 0.1) is 12.7 Å². The van der Waals surface area contributed by atoms with Crippen molar-refractivity contribution >= 4 is 23.4 Å². The van der Waals surface area contributed by atoms with E-state index in [9.17, 15) is 9.18 Å². The highest BCUT2D eigenvalue weighted by Crippen LogP contribution is 2.24. The Labute approximate surface area is 183 Å². The Bertz CT molecular complexity index is 923. The van der Waals surface area contributed by atoms with Gasteiger partial charge in [-0.25, -0.2) is 4.39 Å². The van der Waals surface area contributed by atoms with Crippen molar-refractivity contribution in [3.8, 4) is 0 Å². The minimum Gasteiger partial charge on any atom is -0.378 e. The van der Waals surface area contributed by atoms with E-state index in [1.165, 1.54) is 11.8 Å². The van der Waals surface area contributed by atoms with Gasteiger partial charge in [-0.15, -0.1) is 0 Å². The van der Waals surface area contributed by atoms with Crippen LogP contribution in [0.3, 0.4) is 0 Å². The SMILES string of the molecule is Cc1ccc(F)c(N2CCCC(NC(=O)/C=C/c3ccc(N4CCOCC4)cc3)C2)c1. The van der Waals surface area contributed by atoms with Crippen LogP contribution in [-0.4, -0.2) is 51.3 Å². The summed E-state index contributed by atoms with van der Waals surface area (Å²) in [6.45, 7) is 6.72. The molecule has 1 N–H and O–H groups in total. The van der Waals surface area contributed by atoms with Crippen molar-refractivity contribution in [1.82, 2.24) is 5.32 Å². The fraction of sp³-hybridized carbons (Fsp3) is 0.400. The van der Waals surface area contributed by atoms with E-state index in [0.29, 0.717) is 12.2 Å². The van der Waals surface area contributed by atoms with E-state index in [-0.39, 0.29) is 17.8 Å². The van der Waals surface area contributed by atoms with Crippen LogP contribution >= 0.6 is 0 Å². The summed E-state index contributed by atoms with van der Waals surface area (Å²) in [7, 11) is 0. The largest absolute Gasteiger partial charge is 0.378 e. The third-order valence-corrected chi connectivity index (χ3v) is 5.91. The third kappa shape index (κ3) is 5.64. The summed E-state index contributed by atoms with van der Waals surface area (Å²) in [5.74, 6) is -0.327. The molecule has 1 atom stereocenters. The quantitative estimate of drug-likeness (QED) is 0.744. The fourth-order valence-electron chi connectivity index (χ4n) is 4.22. The van der Waals surface area contributed by atoms with Gasteiger partial charge in [0.1, 0.15) is 5.82 Å². The summed E-state index contributed by atoms with van der Waals surface area (Å²) >= 11 is 0. The number of aryl methyl sites for hydroxylation is 1. The summed E-state index contributed by atoms with van der Waals surface area (Å²) in [6, 6.07) is 13.4. The number of nitrogens with one attached hydrogen (secondary N) is 1. The van der Waals surface area contributed by atoms with Gasteiger partial charge in [0.2, 0.25) is 5.91 Å². The molecule has 5 nitrogen and oxygen atoms in total. The molecule has 2 aliphatic heterocycles. The van der Waals surface area contributed by atoms with Crippen molar-refractivity contribution in [3.05, 3.63) is 65.5 Å². The maximum absolute atomic E-state index is 14.3. The van der Waals surface area contributed by atoms with Crippen molar-refractivity contribution in [2.45, 2.75) is 25.8 Å². The molecule has 0 saturated carbocycles. The Kier molecular flexibility index (Phi) is 6.87. The van der Waals surface area contributed by atoms with Crippen molar-refractivity contribution in [2.75, 3.05) is 49.2 Å². The van der Waals surface area contributed by atoms with E-state index in [1.807, 2.05) is 36.1 Å². The molecule has 2 fully saturated rings. The zero-order valence-electron chi connectivity index (χ0n) is 18.0. The van der Waals surface area contributed by atoms with Crippen molar-refractivity contribution < 1.29 is 13.9 Å². The van der Waals surface area contributed by atoms with Crippen LogP contribution in [0.1, 0.15) is 24.0 Å². The number of ether oxygens (including phenoxy) is 1. The van der Waals surface area contributed by atoms with Gasteiger partial charge in [0.25, 0.3) is 0 Å². The average Bonchev–Trinajstić information content (AvgIpc) is 2.80. The summed E-state index contributed by atoms with van der Waals surface area (Å²) in [4.78, 5) is 16.8. The highest BCUT2D eigenvalue weighted by Gasteiger charge is 2.23. The summed E-state index contributed by atoms with van der Waals surface area (Å²) in [6.07, 6.45) is 5.23. The summed E-state index contributed by atoms with van der Waals surface area (Å²) in [5, 5.41) is 3.07. The first-order valence-corrected chi connectivity index (χ1v) is 11.0. The van der Waals surface area contributed by atoms with Crippen LogP contribution in [-0.2, 0) is 9.53 Å². The van der Waals surface area contributed by atoms with Crippen molar-refractivity contribution in [2.24, 2.45) is 0 Å². The van der Waals surface area contributed by atoms with Crippen LogP contribution in [0.4, 0.5) is 15.8 Å². The zero-order valence-corrected chi connectivity index (χ0v) is 18.0. The minimum atomic E-state index is -0.210. The van der Waals surface area contributed by atoms with Gasteiger partial charge < -0.3 is 19.9 Å². The fourth-order valence-corrected chi connectivity index (χ4v) is 4.22. The lowest BCUT2D eigenvalue weighted by molar-refractivity contribution is -0.117. The van der Waals surface area contributed by atoms with Crippen LogP contribution in [0.2, 0.25) is 0 Å². The number of amides is 1. The van der Waals surface area contributed by atoms with E-state index in [2.05, 4.69) is 22.3 Å². The summed E-state index contributed by atoms with van der Waals surface area (Å²) in [5.41, 5.74) is 3.81. The number of nitrogens with zero attached hydrogens (tertiary/aromatic N) is 2. The molecular weight excluding hydrogens is 393 g/mol. The predicted molar refractivity (Wildman–Crippen MR) is 123 cm³/mol. The molecule has 0 bridgehead atoms. The molecule has 0 radical (unpaired) electrons. The molecule has 0 aromatic heterocycles. The third-order valence-electron chi connectivity index (χ3n) is 5.91. The molecule has 2 aromatic rings. The van der Waals surface area contributed by atoms with Gasteiger partial charge in [-0.3, -0.25) is 4.79 Å². The van der Waals surface area contributed by atoms with Crippen LogP contribution in [0.25, 0.3) is 6.08 Å². The second-order valence-electron chi connectivity index (χ2n) is 8.27. The highest BCUT2D eigenvalue weighted by atomic mass is 19.1. The lowest BCUT2D eigenvalue weighted by Gasteiger charge is -2.35. The van der Waals surface area contributed by atoms with Gasteiger partial charge in [-0.1, -0.05) is 18.2 Å². The minimum absolute atomic E-state index is 0.00880. The molecule has 1 unspecified atom stereocenters. The number of halogens is 1. The second-order valence-corrected chi connectivity index (χ2v) is 8.27. The number of carbonyl (C=O) groups is 1. The number of hydrogen-bond donors (Lipinski definition) is 1. The maximum atomic E-state index is 14.3. The van der Waals surface area contributed by atoms with Crippen LogP contribution in [0.5, 0.6) is 0 Å². The van der Waals surface area contributed by atoms with Gasteiger partial charge in [-0.2, -0.15) is 0 Å². The van der Waals surface area contributed by atoms with E-state index >= 15 is 0 Å². The van der Waals surface area contributed by atoms with Gasteiger partial charge in [0.15, 0.2) is 0 Å². The number of morpholine rings is 1. The smallest absolute Gasteiger partial charge is 0.244 e. The first-order valence-electron chi connectivity index (χ1n) is 11.0. The highest BCUT2D eigenvalue weighted by molar-refractivity contribution is 5.92. The topological polar surface area (TPSA) is 44.8 Å². The molecule has 2 heterocycles. The molecule has 1 amide bonds. The Hall–Kier alpha value is -2.86. The molecule has 31 heavy (non-hydrogen) atoms. The zero-order chi connectivity index (χ0) is 21.6. The normalized spacial score (nSPS) is 19.6. The molecular formula is C25H30FN3O2. The standard InChI is InChI=1S/C25H30FN3O2/c1-19-4-10-23(26)24(17-19)29-12-2-3-21(18-29)27-25(30)11-7-20-5-8-22(9-6-20)28-13-15-31-16-14-28/h4-11,17,21H,2-3,12-16,18H2,1H3,(H,27,30)/b11-7+. The first kappa shape index (κ1) is 21.4. The summed E-state index contributed by atoms with van der Waals surface area (Å²) < 4.78 is 19.6. The maximum Gasteiger partial charge on any atom is 0.244 e. The monoisotopic (exact) mass is 423 g/mol. The van der Waals surface area contributed by atoms with Gasteiger partial charge in [0.05, 0.1) is 18.9 Å². The van der Waals surface area contributed by atoms with Crippen molar-refractivity contribution in [3.63, 3.8) is 0 Å². The molecule has 2 aliphatic rings. The van der Waals surface area contributed by atoms with E-state index in [0.717, 1.165) is 56.8 Å². The number of benzene rings is 2. The van der Waals surface area contributed by atoms with E-state index in [1.54, 1.807) is 12.1 Å². The number of anilines is 2. The molecule has 2 saturated heterocycles. The number of rotatable bonds is 5. The van der Waals surface area contributed by atoms with Crippen LogP contribution < -0.4 is 15.1 Å². The molecule has 164 valence electrons. The number of hydrogen-bond acceptors (Lipinski definition) is 4. The van der Waals surface area contributed by atoms with Crippen molar-refractivity contribution in [1.29, 1.82) is 0 Å². The molecule has 6 heteroatoms. The Morgan fingerprint density at radius 2 is 1.87 bits per heavy atom. The predicted octanol–water partition coefficient (Wildman–Crippen LogP) is 3.77. The number of piperidine rings is 1. The van der Waals surface area contributed by atoms with E-state index in [4.69, 9.17) is 4.74 Å². The Morgan fingerprint density at radius 1 is 1.10 bits per heavy atom. The second kappa shape index (κ2) is 9.96. The number of carbonyl (C=O) groups excluding carboxylic acids is 1. The molecule has 0 aliphatic carbocycles. The first-order chi connectivity index (χ1) is 15.1. The molecule has 0 spiro atoms. The Morgan fingerprint density at radius 3 is 2.65 bits per heavy atom. The molecule has 4 rings (SSSR count). The van der Waals surface area contributed by atoms with Crippen LogP contribution in [0.15, 0.2) is 48.5 Å².